The molecule has 0 unspecified atom stereocenters. The number of nitrogens with one attached hydrogen (secondary N) is 2. The van der Waals surface area contributed by atoms with Crippen LogP contribution in [0.15, 0.2) is 30.3 Å². The van der Waals surface area contributed by atoms with Gasteiger partial charge in [-0.05, 0) is 30.3 Å². The number of hydrogen-bond donors (Lipinski definition) is 2. The van der Waals surface area contributed by atoms with E-state index < -0.39 is 0 Å². The summed E-state index contributed by atoms with van der Waals surface area (Å²) in [6, 6.07) is 8.54. The number of methoxy groups -OCH3 is 3. The Balaban J connectivity index is 1.85. The van der Waals surface area contributed by atoms with Gasteiger partial charge < -0.3 is 24.8 Å². The maximum absolute atomic E-state index is 12.7. The molecule has 0 radical (unpaired) electrons. The smallest absolute Gasteiger partial charge is 0.255 e. The minimum Gasteiger partial charge on any atom is -0.493 e. The monoisotopic (exact) mass is 415 g/mol. The summed E-state index contributed by atoms with van der Waals surface area (Å²) in [7, 11) is 4.48. The first-order valence-corrected chi connectivity index (χ1v) is 9.62. The van der Waals surface area contributed by atoms with E-state index in [-0.39, 0.29) is 11.8 Å². The number of rotatable bonds is 7. The molecule has 2 amide bonds. The van der Waals surface area contributed by atoms with Gasteiger partial charge >= 0.3 is 0 Å². The fourth-order valence-electron chi connectivity index (χ4n) is 2.68. The molecule has 29 heavy (non-hydrogen) atoms. The molecule has 9 heteroatoms. The van der Waals surface area contributed by atoms with Gasteiger partial charge in [-0.15, -0.1) is 0 Å². The van der Waals surface area contributed by atoms with E-state index in [1.54, 1.807) is 31.2 Å². The third kappa shape index (κ3) is 4.40. The summed E-state index contributed by atoms with van der Waals surface area (Å²) >= 11 is 1.38. The lowest BCUT2D eigenvalue weighted by atomic mass is 10.1. The van der Waals surface area contributed by atoms with E-state index in [1.165, 1.54) is 32.7 Å². The van der Waals surface area contributed by atoms with Crippen molar-refractivity contribution in [3.8, 4) is 17.2 Å². The molecule has 152 valence electrons. The maximum Gasteiger partial charge on any atom is 0.255 e. The second-order valence-corrected chi connectivity index (χ2v) is 7.00. The zero-order chi connectivity index (χ0) is 21.0. The van der Waals surface area contributed by atoms with E-state index in [4.69, 9.17) is 14.2 Å². The van der Waals surface area contributed by atoms with Gasteiger partial charge in [-0.2, -0.15) is 0 Å². The molecule has 3 rings (SSSR count). The normalized spacial score (nSPS) is 10.5. The zero-order valence-electron chi connectivity index (χ0n) is 16.5. The fraction of sp³-hybridized carbons (Fsp3) is 0.250. The lowest BCUT2D eigenvalue weighted by molar-refractivity contribution is -0.115. The summed E-state index contributed by atoms with van der Waals surface area (Å²) in [4.78, 5) is 28.7. The van der Waals surface area contributed by atoms with Gasteiger partial charge in [-0.25, -0.2) is 4.98 Å². The standard InChI is InChI=1S/C20H21N3O5S/c1-5-17(24)23-20-22-13-10-12(6-7-16(13)29-20)21-19(25)11-8-14(26-2)18(28-4)15(9-11)27-3/h6-10H,5H2,1-4H3,(H,21,25)(H,22,23,24). The lowest BCUT2D eigenvalue weighted by Crippen LogP contribution is -2.12. The SMILES string of the molecule is CCC(=O)Nc1nc2cc(NC(=O)c3cc(OC)c(OC)c(OC)c3)ccc2s1. The zero-order valence-corrected chi connectivity index (χ0v) is 17.3. The van der Waals surface area contributed by atoms with E-state index in [0.29, 0.717) is 45.6 Å². The van der Waals surface area contributed by atoms with Crippen molar-refractivity contribution in [3.63, 3.8) is 0 Å². The number of ether oxygens (including phenoxy) is 3. The highest BCUT2D eigenvalue weighted by Crippen LogP contribution is 2.38. The van der Waals surface area contributed by atoms with Crippen molar-refractivity contribution >= 4 is 44.2 Å². The second-order valence-electron chi connectivity index (χ2n) is 5.97. The van der Waals surface area contributed by atoms with Crippen molar-refractivity contribution in [2.24, 2.45) is 0 Å². The molecule has 8 nitrogen and oxygen atoms in total. The summed E-state index contributed by atoms with van der Waals surface area (Å²) in [6.45, 7) is 1.78. The van der Waals surface area contributed by atoms with Crippen LogP contribution in [0.25, 0.3) is 10.2 Å². The number of nitrogens with zero attached hydrogens (tertiary/aromatic N) is 1. The van der Waals surface area contributed by atoms with Crippen molar-refractivity contribution in [2.45, 2.75) is 13.3 Å². The van der Waals surface area contributed by atoms with Gasteiger partial charge in [-0.3, -0.25) is 9.59 Å². The Morgan fingerprint density at radius 3 is 2.28 bits per heavy atom. The quantitative estimate of drug-likeness (QED) is 0.607. The molecule has 0 atom stereocenters. The Hall–Kier alpha value is -3.33. The number of fused-ring (bicyclic) bond motifs is 1. The van der Waals surface area contributed by atoms with Crippen LogP contribution in [0.4, 0.5) is 10.8 Å². The molecule has 0 aliphatic rings. The Labute approximate surface area is 171 Å². The van der Waals surface area contributed by atoms with Crippen molar-refractivity contribution in [1.82, 2.24) is 4.98 Å². The average molecular weight is 415 g/mol. The fourth-order valence-corrected chi connectivity index (χ4v) is 3.54. The molecular formula is C20H21N3O5S. The number of thiazole rings is 1. The number of carbonyl (C=O) groups is 2. The second kappa shape index (κ2) is 8.78. The van der Waals surface area contributed by atoms with E-state index >= 15 is 0 Å². The summed E-state index contributed by atoms with van der Waals surface area (Å²) in [5.41, 5.74) is 1.62. The van der Waals surface area contributed by atoms with Crippen LogP contribution in [0.5, 0.6) is 17.2 Å². The first-order valence-electron chi connectivity index (χ1n) is 8.80. The Morgan fingerprint density at radius 2 is 1.69 bits per heavy atom. The van der Waals surface area contributed by atoms with Crippen molar-refractivity contribution in [2.75, 3.05) is 32.0 Å². The molecule has 0 aliphatic carbocycles. The van der Waals surface area contributed by atoms with Crippen LogP contribution in [0.3, 0.4) is 0 Å². The molecule has 0 saturated carbocycles. The number of benzene rings is 2. The maximum atomic E-state index is 12.7. The van der Waals surface area contributed by atoms with Gasteiger partial charge in [0, 0.05) is 17.7 Å². The molecule has 0 bridgehead atoms. The topological polar surface area (TPSA) is 98.8 Å². The third-order valence-corrected chi connectivity index (χ3v) is 5.09. The number of aromatic nitrogens is 1. The largest absolute Gasteiger partial charge is 0.493 e. The van der Waals surface area contributed by atoms with Gasteiger partial charge in [0.25, 0.3) is 5.91 Å². The molecule has 3 aromatic rings. The van der Waals surface area contributed by atoms with Gasteiger partial charge in [0.15, 0.2) is 16.6 Å². The summed E-state index contributed by atoms with van der Waals surface area (Å²) in [5.74, 6) is 0.766. The summed E-state index contributed by atoms with van der Waals surface area (Å²) in [5, 5.41) is 6.11. The molecular weight excluding hydrogens is 394 g/mol. The number of amides is 2. The highest BCUT2D eigenvalue weighted by atomic mass is 32.1. The van der Waals surface area contributed by atoms with Crippen LogP contribution in [0.2, 0.25) is 0 Å². The Bertz CT molecular complexity index is 1040. The van der Waals surface area contributed by atoms with Crippen LogP contribution < -0.4 is 24.8 Å². The van der Waals surface area contributed by atoms with Crippen molar-refractivity contribution in [1.29, 1.82) is 0 Å². The van der Waals surface area contributed by atoms with E-state index in [9.17, 15) is 9.59 Å². The molecule has 0 aliphatic heterocycles. The van der Waals surface area contributed by atoms with Crippen molar-refractivity contribution in [3.05, 3.63) is 35.9 Å². The molecule has 0 fully saturated rings. The van der Waals surface area contributed by atoms with Gasteiger partial charge in [0.05, 0.1) is 31.5 Å². The minimum atomic E-state index is -0.335. The van der Waals surface area contributed by atoms with Crippen LogP contribution in [-0.4, -0.2) is 38.1 Å². The average Bonchev–Trinajstić information content (AvgIpc) is 3.13. The number of carbonyl (C=O) groups excluding carboxylic acids is 2. The van der Waals surface area contributed by atoms with Gasteiger partial charge in [0.2, 0.25) is 11.7 Å². The molecule has 2 N–H and O–H groups in total. The lowest BCUT2D eigenvalue weighted by Gasteiger charge is -2.14. The highest BCUT2D eigenvalue weighted by molar-refractivity contribution is 7.22. The highest BCUT2D eigenvalue weighted by Gasteiger charge is 2.17. The first kappa shape index (κ1) is 20.4. The van der Waals surface area contributed by atoms with Gasteiger partial charge in [-0.1, -0.05) is 18.3 Å². The molecule has 1 heterocycles. The van der Waals surface area contributed by atoms with Crippen molar-refractivity contribution < 1.29 is 23.8 Å². The predicted octanol–water partition coefficient (Wildman–Crippen LogP) is 3.92. The van der Waals surface area contributed by atoms with Crippen LogP contribution in [0, 0.1) is 0 Å². The van der Waals surface area contributed by atoms with Crippen LogP contribution in [-0.2, 0) is 4.79 Å². The van der Waals surface area contributed by atoms with Crippen LogP contribution >= 0.6 is 11.3 Å². The number of anilines is 2. The Kier molecular flexibility index (Phi) is 6.18. The summed E-state index contributed by atoms with van der Waals surface area (Å²) < 4.78 is 16.8. The molecule has 0 spiro atoms. The minimum absolute atomic E-state index is 0.0972. The van der Waals surface area contributed by atoms with Gasteiger partial charge in [0.1, 0.15) is 0 Å². The third-order valence-electron chi connectivity index (χ3n) is 4.14. The Morgan fingerprint density at radius 1 is 1.00 bits per heavy atom. The van der Waals surface area contributed by atoms with E-state index in [1.807, 2.05) is 6.07 Å². The molecule has 0 saturated heterocycles. The van der Waals surface area contributed by atoms with Crippen LogP contribution in [0.1, 0.15) is 23.7 Å². The molecule has 1 aromatic heterocycles. The van der Waals surface area contributed by atoms with E-state index in [0.717, 1.165) is 4.70 Å². The summed E-state index contributed by atoms with van der Waals surface area (Å²) in [6.07, 6.45) is 0.381. The first-order chi connectivity index (χ1) is 14.0. The van der Waals surface area contributed by atoms with E-state index in [2.05, 4.69) is 15.6 Å². The number of hydrogen-bond acceptors (Lipinski definition) is 7. The molecule has 2 aromatic carbocycles. The predicted molar refractivity (Wildman–Crippen MR) is 113 cm³/mol.